The summed E-state index contributed by atoms with van der Waals surface area (Å²) in [6.45, 7) is 5.93. The molecule has 4 heterocycles. The number of rotatable bonds is 14. The molecular formula is C33H34N2O6. The molecule has 8 heteroatoms. The van der Waals surface area contributed by atoms with Gasteiger partial charge in [0.25, 0.3) is 0 Å². The fourth-order valence-electron chi connectivity index (χ4n) is 5.16. The van der Waals surface area contributed by atoms with Crippen molar-refractivity contribution in [2.45, 2.75) is 30.7 Å². The molecule has 4 saturated heterocycles. The molecule has 41 heavy (non-hydrogen) atoms. The largest absolute Gasteiger partial charge is 0.492 e. The number of hydrogen-bond donors (Lipinski definition) is 2. The van der Waals surface area contributed by atoms with Crippen LogP contribution < -0.4 is 29.6 Å². The van der Waals surface area contributed by atoms with Crippen molar-refractivity contribution in [2.24, 2.45) is 0 Å². The van der Waals surface area contributed by atoms with Crippen molar-refractivity contribution < 1.29 is 28.4 Å². The van der Waals surface area contributed by atoms with Crippen molar-refractivity contribution in [3.05, 3.63) is 71.8 Å². The third-order valence-corrected chi connectivity index (χ3v) is 8.02. The van der Waals surface area contributed by atoms with Crippen molar-refractivity contribution in [1.29, 1.82) is 0 Å². The van der Waals surface area contributed by atoms with Crippen LogP contribution in [0.4, 0.5) is 0 Å². The average molecular weight is 555 g/mol. The summed E-state index contributed by atoms with van der Waals surface area (Å²) >= 11 is 0. The van der Waals surface area contributed by atoms with Crippen molar-refractivity contribution in [3.63, 3.8) is 0 Å². The maximum Gasteiger partial charge on any atom is 0.123 e. The molecule has 4 unspecified atom stereocenters. The molecule has 4 aromatic rings. The number of nitrogens with one attached hydrogen (secondary N) is 2. The molecule has 0 saturated carbocycles. The van der Waals surface area contributed by atoms with Crippen LogP contribution in [-0.2, 0) is 15.9 Å². The molecule has 0 radical (unpaired) electrons. The fraction of sp³-hybridized carbons (Fsp3) is 0.394. The van der Waals surface area contributed by atoms with E-state index in [-0.39, 0.29) is 12.2 Å². The highest BCUT2D eigenvalue weighted by atomic mass is 16.6. The summed E-state index contributed by atoms with van der Waals surface area (Å²) in [6, 6.07) is 21.9. The molecule has 0 aromatic heterocycles. The van der Waals surface area contributed by atoms with E-state index in [1.165, 1.54) is 0 Å². The second-order valence-electron chi connectivity index (χ2n) is 11.4. The minimum atomic E-state index is 0.162. The molecule has 0 aliphatic carbocycles. The molecule has 0 spiro atoms. The van der Waals surface area contributed by atoms with Gasteiger partial charge in [0.1, 0.15) is 61.6 Å². The summed E-state index contributed by atoms with van der Waals surface area (Å²) in [6.07, 6.45) is 0.989. The van der Waals surface area contributed by atoms with Crippen LogP contribution >= 0.6 is 0 Å². The van der Waals surface area contributed by atoms with Crippen molar-refractivity contribution in [2.75, 3.05) is 52.7 Å². The highest BCUT2D eigenvalue weighted by molar-refractivity contribution is 5.93. The van der Waals surface area contributed by atoms with E-state index in [0.29, 0.717) is 44.9 Å². The Bertz CT molecular complexity index is 1450. The zero-order valence-electron chi connectivity index (χ0n) is 22.9. The van der Waals surface area contributed by atoms with E-state index in [0.717, 1.165) is 82.0 Å². The lowest BCUT2D eigenvalue weighted by Crippen LogP contribution is -2.10. The Morgan fingerprint density at radius 2 is 1.02 bits per heavy atom. The molecule has 4 fully saturated rings. The van der Waals surface area contributed by atoms with E-state index in [1.807, 2.05) is 6.07 Å². The SMILES string of the molecule is c1cc2ccc(OCC3CN3)c(Cc3c(OCC4CO4)ccc4ccc(OCC5CO5)cc34)c2cc1OCC1CN1. The average Bonchev–Trinajstić information content (AvgIpc) is 3.83. The fourth-order valence-corrected chi connectivity index (χ4v) is 5.16. The Morgan fingerprint density at radius 1 is 0.585 bits per heavy atom. The van der Waals surface area contributed by atoms with Crippen molar-refractivity contribution in [1.82, 2.24) is 10.6 Å². The van der Waals surface area contributed by atoms with Crippen LogP contribution in [0, 0.1) is 0 Å². The minimum Gasteiger partial charge on any atom is -0.492 e. The maximum atomic E-state index is 6.43. The quantitative estimate of drug-likeness (QED) is 0.227. The van der Waals surface area contributed by atoms with E-state index in [1.54, 1.807) is 0 Å². The van der Waals surface area contributed by atoms with E-state index in [4.69, 9.17) is 28.4 Å². The molecule has 8 rings (SSSR count). The minimum absolute atomic E-state index is 0.162. The van der Waals surface area contributed by atoms with Crippen LogP contribution in [-0.4, -0.2) is 77.0 Å². The van der Waals surface area contributed by atoms with E-state index in [2.05, 4.69) is 65.2 Å². The first kappa shape index (κ1) is 25.2. The smallest absolute Gasteiger partial charge is 0.123 e. The lowest BCUT2D eigenvalue weighted by molar-refractivity contribution is 0.261. The Labute approximate surface area is 238 Å². The predicted octanol–water partition coefficient (Wildman–Crippen LogP) is 3.84. The summed E-state index contributed by atoms with van der Waals surface area (Å²) in [4.78, 5) is 0. The molecule has 4 aliphatic rings. The lowest BCUT2D eigenvalue weighted by atomic mass is 9.93. The summed E-state index contributed by atoms with van der Waals surface area (Å²) in [5, 5.41) is 11.2. The van der Waals surface area contributed by atoms with E-state index in [9.17, 15) is 0 Å². The van der Waals surface area contributed by atoms with Gasteiger partial charge in [0, 0.05) is 30.6 Å². The molecule has 8 nitrogen and oxygen atoms in total. The Balaban J connectivity index is 1.21. The molecule has 4 aromatic carbocycles. The highest BCUT2D eigenvalue weighted by Crippen LogP contribution is 2.39. The van der Waals surface area contributed by atoms with Gasteiger partial charge >= 0.3 is 0 Å². The molecule has 0 amide bonds. The van der Waals surface area contributed by atoms with Crippen molar-refractivity contribution in [3.8, 4) is 23.0 Å². The Morgan fingerprint density at radius 3 is 1.54 bits per heavy atom. The van der Waals surface area contributed by atoms with Crippen LogP contribution in [0.15, 0.2) is 60.7 Å². The van der Waals surface area contributed by atoms with Gasteiger partial charge in [-0.1, -0.05) is 24.3 Å². The number of hydrogen-bond acceptors (Lipinski definition) is 8. The zero-order valence-corrected chi connectivity index (χ0v) is 22.9. The van der Waals surface area contributed by atoms with Gasteiger partial charge in [0.05, 0.1) is 25.3 Å². The van der Waals surface area contributed by atoms with Gasteiger partial charge in [-0.25, -0.2) is 0 Å². The first-order valence-electron chi connectivity index (χ1n) is 14.6. The topological polar surface area (TPSA) is 106 Å². The monoisotopic (exact) mass is 554 g/mol. The van der Waals surface area contributed by atoms with Gasteiger partial charge in [-0.2, -0.15) is 0 Å². The second-order valence-corrected chi connectivity index (χ2v) is 11.4. The van der Waals surface area contributed by atoms with E-state index < -0.39 is 0 Å². The summed E-state index contributed by atoms with van der Waals surface area (Å²) in [5.74, 6) is 3.44. The second kappa shape index (κ2) is 10.7. The summed E-state index contributed by atoms with van der Waals surface area (Å²) in [5.41, 5.74) is 2.22. The van der Waals surface area contributed by atoms with Gasteiger partial charge < -0.3 is 39.1 Å². The molecule has 2 N–H and O–H groups in total. The standard InChI is InChI=1S/C33H34N2O6/c1-5-24(36-14-22-12-34-22)9-28-20(1)3-7-32(40-15-23-13-35-23)30(28)11-31-29-10-25(37-16-26-17-38-26)6-2-21(29)4-8-33(31)41-19-27-18-39-27/h1-10,22-23,26-27,34-35H,11-19H2. The molecule has 4 atom stereocenters. The van der Waals surface area contributed by atoms with Crippen LogP contribution in [0.3, 0.4) is 0 Å². The number of epoxide rings is 2. The third-order valence-electron chi connectivity index (χ3n) is 8.02. The van der Waals surface area contributed by atoms with Crippen LogP contribution in [0.1, 0.15) is 11.1 Å². The molecular weight excluding hydrogens is 520 g/mol. The predicted molar refractivity (Wildman–Crippen MR) is 156 cm³/mol. The molecule has 0 bridgehead atoms. The third kappa shape index (κ3) is 6.06. The van der Waals surface area contributed by atoms with Gasteiger partial charge in [-0.3, -0.25) is 0 Å². The maximum absolute atomic E-state index is 6.43. The first-order chi connectivity index (χ1) is 20.2. The Hall–Kier alpha value is -3.56. The van der Waals surface area contributed by atoms with Crippen LogP contribution in [0.5, 0.6) is 23.0 Å². The van der Waals surface area contributed by atoms with Gasteiger partial charge in [-0.15, -0.1) is 0 Å². The van der Waals surface area contributed by atoms with Gasteiger partial charge in [0.15, 0.2) is 0 Å². The van der Waals surface area contributed by atoms with Gasteiger partial charge in [-0.05, 0) is 57.9 Å². The van der Waals surface area contributed by atoms with E-state index >= 15 is 0 Å². The zero-order chi connectivity index (χ0) is 27.2. The normalized spacial score (nSPS) is 23.8. The summed E-state index contributed by atoms with van der Waals surface area (Å²) < 4.78 is 35.8. The number of ether oxygens (including phenoxy) is 6. The van der Waals surface area contributed by atoms with Gasteiger partial charge in [0.2, 0.25) is 0 Å². The van der Waals surface area contributed by atoms with Crippen LogP contribution in [0.2, 0.25) is 0 Å². The lowest BCUT2D eigenvalue weighted by Gasteiger charge is -2.19. The summed E-state index contributed by atoms with van der Waals surface area (Å²) in [7, 11) is 0. The van der Waals surface area contributed by atoms with Crippen LogP contribution in [0.25, 0.3) is 21.5 Å². The van der Waals surface area contributed by atoms with Crippen molar-refractivity contribution >= 4 is 21.5 Å². The highest BCUT2D eigenvalue weighted by Gasteiger charge is 2.26. The number of fused-ring (bicyclic) bond motifs is 2. The molecule has 212 valence electrons. The number of benzene rings is 4. The first-order valence-corrected chi connectivity index (χ1v) is 14.6. The molecule has 4 aliphatic heterocycles. The Kier molecular flexibility index (Phi) is 6.56.